The second-order valence-corrected chi connectivity index (χ2v) is 8.78. The lowest BCUT2D eigenvalue weighted by atomic mass is 9.76. The van der Waals surface area contributed by atoms with E-state index in [-0.39, 0.29) is 5.97 Å². The molecule has 1 N–H and O–H groups in total. The molecular formula is C28H28N2O2. The Morgan fingerprint density at radius 1 is 0.969 bits per heavy atom. The highest BCUT2D eigenvalue weighted by molar-refractivity contribution is 5.98. The molecule has 0 saturated carbocycles. The molecule has 5 rings (SSSR count). The van der Waals surface area contributed by atoms with Crippen molar-refractivity contribution in [1.82, 2.24) is 4.98 Å². The summed E-state index contributed by atoms with van der Waals surface area (Å²) in [4.78, 5) is 18.9. The molecule has 1 atom stereocenters. The van der Waals surface area contributed by atoms with E-state index in [9.17, 15) is 4.79 Å². The molecule has 1 unspecified atom stereocenters. The van der Waals surface area contributed by atoms with E-state index < -0.39 is 5.60 Å². The number of cyclic esters (lactones) is 1. The van der Waals surface area contributed by atoms with Gasteiger partial charge in [-0.1, -0.05) is 55.8 Å². The Morgan fingerprint density at radius 2 is 1.72 bits per heavy atom. The topological polar surface area (TPSA) is 45.3 Å². The number of carbonyl (C=O) groups is 1. The van der Waals surface area contributed by atoms with E-state index in [0.717, 1.165) is 57.4 Å². The van der Waals surface area contributed by atoms with E-state index in [1.54, 1.807) is 0 Å². The number of carbonyl (C=O) groups excluding carboxylic acids is 1. The number of ether oxygens (including phenoxy) is 1. The van der Waals surface area contributed by atoms with Crippen molar-refractivity contribution < 1.29 is 9.53 Å². The molecule has 0 amide bonds. The largest absolute Gasteiger partial charge is 0.440 e. The van der Waals surface area contributed by atoms with Crippen molar-refractivity contribution in [2.24, 2.45) is 0 Å². The fourth-order valence-electron chi connectivity index (χ4n) is 5.10. The lowest BCUT2D eigenvalue weighted by molar-refractivity contribution is 0.0252. The van der Waals surface area contributed by atoms with E-state index in [1.807, 2.05) is 50.5 Å². The molecule has 32 heavy (non-hydrogen) atoms. The third kappa shape index (κ3) is 2.86. The van der Waals surface area contributed by atoms with Gasteiger partial charge in [0.2, 0.25) is 0 Å². The van der Waals surface area contributed by atoms with Crippen molar-refractivity contribution in [1.29, 1.82) is 0 Å². The van der Waals surface area contributed by atoms with Gasteiger partial charge in [0.15, 0.2) is 5.60 Å². The Hall–Kier alpha value is -3.53. The van der Waals surface area contributed by atoms with Crippen LogP contribution in [0, 0.1) is 6.92 Å². The van der Waals surface area contributed by atoms with Crippen molar-refractivity contribution in [2.75, 3.05) is 19.0 Å². The zero-order valence-corrected chi connectivity index (χ0v) is 19.0. The van der Waals surface area contributed by atoms with Gasteiger partial charge < -0.3 is 14.6 Å². The van der Waals surface area contributed by atoms with Crippen molar-refractivity contribution in [2.45, 2.75) is 32.3 Å². The number of H-pyrrole nitrogens is 1. The minimum Gasteiger partial charge on any atom is -0.440 e. The van der Waals surface area contributed by atoms with Crippen LogP contribution in [0.5, 0.6) is 0 Å². The van der Waals surface area contributed by atoms with Crippen molar-refractivity contribution in [3.05, 3.63) is 100 Å². The molecule has 0 bridgehead atoms. The van der Waals surface area contributed by atoms with Gasteiger partial charge in [-0.15, -0.1) is 0 Å². The van der Waals surface area contributed by atoms with Crippen LogP contribution in [0.1, 0.15) is 51.7 Å². The van der Waals surface area contributed by atoms with Crippen LogP contribution in [0.15, 0.2) is 66.7 Å². The van der Waals surface area contributed by atoms with Gasteiger partial charge in [0, 0.05) is 53.1 Å². The van der Waals surface area contributed by atoms with Gasteiger partial charge in [0.25, 0.3) is 0 Å². The highest BCUT2D eigenvalue weighted by atomic mass is 16.6. The quantitative estimate of drug-likeness (QED) is 0.402. The van der Waals surface area contributed by atoms with E-state index >= 15 is 0 Å². The third-order valence-electron chi connectivity index (χ3n) is 6.51. The molecule has 4 aromatic rings. The highest BCUT2D eigenvalue weighted by Gasteiger charge is 2.51. The summed E-state index contributed by atoms with van der Waals surface area (Å²) < 4.78 is 6.45. The number of aromatic amines is 1. The van der Waals surface area contributed by atoms with Gasteiger partial charge in [0.1, 0.15) is 0 Å². The maximum atomic E-state index is 13.2. The summed E-state index contributed by atoms with van der Waals surface area (Å²) in [7, 11) is 4.07. The van der Waals surface area contributed by atoms with Gasteiger partial charge in [-0.3, -0.25) is 0 Å². The average molecular weight is 425 g/mol. The summed E-state index contributed by atoms with van der Waals surface area (Å²) in [5.41, 5.74) is 7.00. The van der Waals surface area contributed by atoms with Gasteiger partial charge >= 0.3 is 5.97 Å². The number of benzene rings is 3. The van der Waals surface area contributed by atoms with Crippen LogP contribution in [0.25, 0.3) is 10.9 Å². The van der Waals surface area contributed by atoms with Crippen LogP contribution in [-0.2, 0) is 16.8 Å². The zero-order valence-electron chi connectivity index (χ0n) is 19.0. The predicted molar refractivity (Wildman–Crippen MR) is 130 cm³/mol. The van der Waals surface area contributed by atoms with Crippen LogP contribution >= 0.6 is 0 Å². The first kappa shape index (κ1) is 20.4. The van der Waals surface area contributed by atoms with Gasteiger partial charge in [-0.2, -0.15) is 0 Å². The maximum Gasteiger partial charge on any atom is 0.340 e. The predicted octanol–water partition coefficient (Wildman–Crippen LogP) is 5.96. The van der Waals surface area contributed by atoms with E-state index in [1.165, 1.54) is 0 Å². The Morgan fingerprint density at radius 3 is 2.47 bits per heavy atom. The minimum absolute atomic E-state index is 0.274. The minimum atomic E-state index is -0.993. The van der Waals surface area contributed by atoms with Crippen molar-refractivity contribution in [3.8, 4) is 0 Å². The lowest BCUT2D eigenvalue weighted by Crippen LogP contribution is -2.31. The van der Waals surface area contributed by atoms with Crippen LogP contribution < -0.4 is 4.90 Å². The first-order valence-corrected chi connectivity index (χ1v) is 11.2. The molecular weight excluding hydrogens is 396 g/mol. The molecule has 0 saturated heterocycles. The van der Waals surface area contributed by atoms with Crippen LogP contribution in [0.2, 0.25) is 0 Å². The molecule has 0 aliphatic carbocycles. The summed E-state index contributed by atoms with van der Waals surface area (Å²) in [6, 6.07) is 22.5. The fourth-order valence-corrected chi connectivity index (χ4v) is 5.10. The molecule has 0 radical (unpaired) electrons. The number of fused-ring (bicyclic) bond motifs is 2. The van der Waals surface area contributed by atoms with Crippen molar-refractivity contribution >= 4 is 22.6 Å². The second-order valence-electron chi connectivity index (χ2n) is 8.78. The summed E-state index contributed by atoms with van der Waals surface area (Å²) >= 11 is 0. The van der Waals surface area contributed by atoms with E-state index in [2.05, 4.69) is 54.1 Å². The number of hydrogen-bond donors (Lipinski definition) is 1. The Kier molecular flexibility index (Phi) is 4.81. The van der Waals surface area contributed by atoms with E-state index in [4.69, 9.17) is 4.74 Å². The fraction of sp³-hybridized carbons (Fsp3) is 0.250. The molecule has 2 heterocycles. The van der Waals surface area contributed by atoms with Gasteiger partial charge in [0.05, 0.1) is 5.56 Å². The Bertz CT molecular complexity index is 1330. The van der Waals surface area contributed by atoms with Crippen LogP contribution in [0.3, 0.4) is 0 Å². The standard InChI is InChI=1S/C28H28N2O2/c1-5-10-25-26(21-12-7-9-14-24(21)29-25)28(22-16-15-19(30(3)4)17-18(22)2)23-13-8-6-11-20(23)27(31)32-28/h6-9,11-17,29H,5,10H2,1-4H3. The Labute approximate surface area is 188 Å². The monoisotopic (exact) mass is 424 g/mol. The Balaban J connectivity index is 1.91. The molecule has 3 aromatic carbocycles. The number of nitrogens with one attached hydrogen (secondary N) is 1. The number of para-hydroxylation sites is 1. The number of rotatable bonds is 5. The summed E-state index contributed by atoms with van der Waals surface area (Å²) in [6.07, 6.45) is 1.87. The smallest absolute Gasteiger partial charge is 0.340 e. The molecule has 0 spiro atoms. The molecule has 4 heteroatoms. The van der Waals surface area contributed by atoms with Crippen LogP contribution in [0.4, 0.5) is 5.69 Å². The number of aryl methyl sites for hydroxylation is 2. The normalized spacial score (nSPS) is 17.4. The van der Waals surface area contributed by atoms with E-state index in [0.29, 0.717) is 5.56 Å². The van der Waals surface area contributed by atoms with Crippen molar-refractivity contribution in [3.63, 3.8) is 0 Å². The van der Waals surface area contributed by atoms with Crippen LogP contribution in [-0.4, -0.2) is 25.0 Å². The molecule has 4 nitrogen and oxygen atoms in total. The second kappa shape index (κ2) is 7.56. The molecule has 162 valence electrons. The first-order chi connectivity index (χ1) is 15.5. The molecule has 1 aliphatic rings. The number of nitrogens with zero attached hydrogens (tertiary/aromatic N) is 1. The third-order valence-corrected chi connectivity index (χ3v) is 6.51. The van der Waals surface area contributed by atoms with Gasteiger partial charge in [-0.05, 0) is 43.2 Å². The molecule has 1 aliphatic heterocycles. The summed E-state index contributed by atoms with van der Waals surface area (Å²) in [6.45, 7) is 4.28. The summed E-state index contributed by atoms with van der Waals surface area (Å²) in [5, 5.41) is 1.09. The lowest BCUT2D eigenvalue weighted by Gasteiger charge is -2.33. The average Bonchev–Trinajstić information content (AvgIpc) is 3.30. The first-order valence-electron chi connectivity index (χ1n) is 11.2. The highest BCUT2D eigenvalue weighted by Crippen LogP contribution is 2.51. The SMILES string of the molecule is CCCc1[nH]c2ccccc2c1C1(c2ccc(N(C)C)cc2C)OC(=O)c2ccccc21. The number of anilines is 1. The van der Waals surface area contributed by atoms with Gasteiger partial charge in [-0.25, -0.2) is 4.79 Å². The zero-order chi connectivity index (χ0) is 22.5. The number of esters is 1. The number of aromatic nitrogens is 1. The maximum absolute atomic E-state index is 13.2. The summed E-state index contributed by atoms with van der Waals surface area (Å²) in [5.74, 6) is -0.274. The molecule has 1 aromatic heterocycles. The number of hydrogen-bond acceptors (Lipinski definition) is 3. The molecule has 0 fully saturated rings.